The van der Waals surface area contributed by atoms with Crippen molar-refractivity contribution in [2.24, 2.45) is 0 Å². The Morgan fingerprint density at radius 1 is 0.833 bits per heavy atom. The average Bonchev–Trinajstić information content (AvgIpc) is 2.46. The number of ether oxygens (including phenoxy) is 1. The van der Waals surface area contributed by atoms with Crippen molar-refractivity contribution in [2.75, 3.05) is 0 Å². The largest absolute Gasteiger partial charge is 0.464 e. The lowest BCUT2D eigenvalue weighted by Crippen LogP contribution is -2.01. The van der Waals surface area contributed by atoms with Gasteiger partial charge in [-0.15, -0.1) is 0 Å². The van der Waals surface area contributed by atoms with Gasteiger partial charge in [0.25, 0.3) is 0 Å². The van der Waals surface area contributed by atoms with Crippen LogP contribution in [-0.2, 0) is 6.42 Å². The quantitative estimate of drug-likeness (QED) is 0.631. The highest BCUT2D eigenvalue weighted by Crippen LogP contribution is 2.25. The highest BCUT2D eigenvalue weighted by molar-refractivity contribution is 5.47. The molecule has 0 saturated carbocycles. The molecule has 2 aromatic carbocycles. The van der Waals surface area contributed by atoms with Gasteiger partial charge in [-0.1, -0.05) is 48.2 Å². The molecule has 0 fully saturated rings. The molecule has 0 bridgehead atoms. The Bertz CT molecular complexity index is 642. The number of allylic oxidation sites excluding steroid dienone is 1. The van der Waals surface area contributed by atoms with Gasteiger partial charge in [0.1, 0.15) is 12.0 Å². The van der Waals surface area contributed by atoms with E-state index >= 15 is 0 Å². The van der Waals surface area contributed by atoms with Gasteiger partial charge in [-0.2, -0.15) is 0 Å². The summed E-state index contributed by atoms with van der Waals surface area (Å²) < 4.78 is 5.56. The second kappa shape index (κ2) is 4.81. The Morgan fingerprint density at radius 3 is 2.50 bits per heavy atom. The van der Waals surface area contributed by atoms with Gasteiger partial charge < -0.3 is 4.74 Å². The highest BCUT2D eigenvalue weighted by atomic mass is 16.5. The Kier molecular flexibility index (Phi) is 2.85. The molecule has 2 aromatic rings. The molecule has 0 spiro atoms. The van der Waals surface area contributed by atoms with E-state index < -0.39 is 0 Å². The van der Waals surface area contributed by atoms with Gasteiger partial charge in [-0.3, -0.25) is 0 Å². The van der Waals surface area contributed by atoms with E-state index in [9.17, 15) is 0 Å². The molecule has 1 aliphatic heterocycles. The monoisotopic (exact) mass is 232 g/mol. The highest BCUT2D eigenvalue weighted by Gasteiger charge is 2.09. The third-order valence-corrected chi connectivity index (χ3v) is 2.82. The molecule has 0 unspecified atom stereocenters. The third kappa shape index (κ3) is 2.28. The van der Waals surface area contributed by atoms with Crippen molar-refractivity contribution in [3.05, 3.63) is 77.6 Å². The van der Waals surface area contributed by atoms with E-state index in [2.05, 4.69) is 17.9 Å². The summed E-state index contributed by atoms with van der Waals surface area (Å²) in [5, 5.41) is 0. The predicted molar refractivity (Wildman–Crippen MR) is 72.2 cm³/mol. The molecular formula is C17H12O. The second-order valence-corrected chi connectivity index (χ2v) is 4.16. The average molecular weight is 232 g/mol. The number of rotatable bonds is 0. The molecular weight excluding hydrogens is 220 g/mol. The van der Waals surface area contributed by atoms with Gasteiger partial charge in [-0.25, -0.2) is 0 Å². The summed E-state index contributed by atoms with van der Waals surface area (Å²) in [5.41, 5.74) is 3.23. The first kappa shape index (κ1) is 10.7. The maximum atomic E-state index is 5.56. The lowest BCUT2D eigenvalue weighted by Gasteiger charge is -2.13. The van der Waals surface area contributed by atoms with Crippen molar-refractivity contribution in [2.45, 2.75) is 6.42 Å². The fraction of sp³-hybridized carbons (Fsp3) is 0.0588. The first-order valence-electron chi connectivity index (χ1n) is 5.92. The normalized spacial score (nSPS) is 12.6. The minimum atomic E-state index is 0.843. The van der Waals surface area contributed by atoms with Crippen LogP contribution in [0.4, 0.5) is 0 Å². The zero-order chi connectivity index (χ0) is 12.2. The smallest absolute Gasteiger partial charge is 0.130 e. The van der Waals surface area contributed by atoms with Crippen LogP contribution in [0.1, 0.15) is 11.1 Å². The molecule has 0 radical (unpaired) electrons. The molecule has 0 atom stereocenters. The van der Waals surface area contributed by atoms with Crippen LogP contribution >= 0.6 is 0 Å². The van der Waals surface area contributed by atoms with Crippen molar-refractivity contribution in [1.82, 2.24) is 0 Å². The Hall–Kier alpha value is -2.46. The Morgan fingerprint density at radius 2 is 1.61 bits per heavy atom. The fourth-order valence-corrected chi connectivity index (χ4v) is 1.89. The van der Waals surface area contributed by atoms with Gasteiger partial charge in [0.2, 0.25) is 0 Å². The second-order valence-electron chi connectivity index (χ2n) is 4.16. The topological polar surface area (TPSA) is 9.23 Å². The Balaban J connectivity index is 1.81. The standard InChI is InChI=1S/C17H12O/c1-2-6-14(7-3-1)10-11-15-12-16-8-4-5-9-17(16)18-13-15/h1-9,13H,12H2. The molecule has 0 amide bonds. The van der Waals surface area contributed by atoms with Crippen LogP contribution in [0.25, 0.3) is 0 Å². The van der Waals surface area contributed by atoms with E-state index in [4.69, 9.17) is 4.74 Å². The molecule has 1 nitrogen and oxygen atoms in total. The summed E-state index contributed by atoms with van der Waals surface area (Å²) in [5.74, 6) is 7.24. The minimum Gasteiger partial charge on any atom is -0.464 e. The summed E-state index contributed by atoms with van der Waals surface area (Å²) in [6, 6.07) is 18.0. The number of fused-ring (bicyclic) bond motifs is 1. The van der Waals surface area contributed by atoms with Crippen LogP contribution in [0.15, 0.2) is 66.4 Å². The lowest BCUT2D eigenvalue weighted by atomic mass is 10.0. The zero-order valence-electron chi connectivity index (χ0n) is 9.89. The number of hydrogen-bond donors (Lipinski definition) is 0. The molecule has 0 saturated heterocycles. The minimum absolute atomic E-state index is 0.843. The van der Waals surface area contributed by atoms with Crippen LogP contribution < -0.4 is 4.74 Å². The summed E-state index contributed by atoms with van der Waals surface area (Å²) in [6.45, 7) is 0. The van der Waals surface area contributed by atoms with E-state index in [1.165, 1.54) is 5.56 Å². The summed E-state index contributed by atoms with van der Waals surface area (Å²) >= 11 is 0. The van der Waals surface area contributed by atoms with E-state index in [1.54, 1.807) is 6.26 Å². The summed E-state index contributed by atoms with van der Waals surface area (Å²) in [4.78, 5) is 0. The third-order valence-electron chi connectivity index (χ3n) is 2.82. The van der Waals surface area contributed by atoms with Gasteiger partial charge in [0.05, 0.1) is 0 Å². The van der Waals surface area contributed by atoms with Gasteiger partial charge in [0, 0.05) is 17.6 Å². The first-order valence-corrected chi connectivity index (χ1v) is 5.92. The maximum Gasteiger partial charge on any atom is 0.130 e. The SMILES string of the molecule is C(#Cc1ccccc1)C1=COc2ccccc2C1. The van der Waals surface area contributed by atoms with Crippen molar-refractivity contribution < 1.29 is 4.74 Å². The van der Waals surface area contributed by atoms with Crippen LogP contribution in [0.2, 0.25) is 0 Å². The molecule has 1 heteroatoms. The number of benzene rings is 2. The van der Waals surface area contributed by atoms with Crippen molar-refractivity contribution in [3.63, 3.8) is 0 Å². The molecule has 18 heavy (non-hydrogen) atoms. The molecule has 0 N–H and O–H groups in total. The maximum absolute atomic E-state index is 5.56. The van der Waals surface area contributed by atoms with E-state index in [0.29, 0.717) is 0 Å². The summed E-state index contributed by atoms with van der Waals surface area (Å²) in [6.07, 6.45) is 2.59. The molecule has 0 aliphatic carbocycles. The fourth-order valence-electron chi connectivity index (χ4n) is 1.89. The van der Waals surface area contributed by atoms with Gasteiger partial charge in [0.15, 0.2) is 0 Å². The van der Waals surface area contributed by atoms with Crippen LogP contribution in [0.5, 0.6) is 5.75 Å². The van der Waals surface area contributed by atoms with E-state index in [1.807, 2.05) is 48.5 Å². The van der Waals surface area contributed by atoms with E-state index in [-0.39, 0.29) is 0 Å². The first-order chi connectivity index (χ1) is 8.92. The molecule has 1 heterocycles. The van der Waals surface area contributed by atoms with Crippen LogP contribution in [0.3, 0.4) is 0 Å². The molecule has 1 aliphatic rings. The predicted octanol–water partition coefficient (Wildman–Crippen LogP) is 3.56. The Labute approximate surface area is 107 Å². The van der Waals surface area contributed by atoms with Gasteiger partial charge >= 0.3 is 0 Å². The van der Waals surface area contributed by atoms with E-state index in [0.717, 1.165) is 23.3 Å². The van der Waals surface area contributed by atoms with Gasteiger partial charge in [-0.05, 0) is 23.8 Å². The van der Waals surface area contributed by atoms with Crippen LogP contribution in [0, 0.1) is 11.8 Å². The summed E-state index contributed by atoms with van der Waals surface area (Å²) in [7, 11) is 0. The zero-order valence-corrected chi connectivity index (χ0v) is 9.89. The van der Waals surface area contributed by atoms with Crippen molar-refractivity contribution in [3.8, 4) is 17.6 Å². The molecule has 86 valence electrons. The molecule has 0 aromatic heterocycles. The number of para-hydroxylation sites is 1. The van der Waals surface area contributed by atoms with Crippen molar-refractivity contribution >= 4 is 0 Å². The number of hydrogen-bond acceptors (Lipinski definition) is 1. The lowest BCUT2D eigenvalue weighted by molar-refractivity contribution is 0.460. The van der Waals surface area contributed by atoms with Crippen molar-refractivity contribution in [1.29, 1.82) is 0 Å². The van der Waals surface area contributed by atoms with Crippen LogP contribution in [-0.4, -0.2) is 0 Å². The molecule has 3 rings (SSSR count).